The molecule has 4 nitrogen and oxygen atoms in total. The minimum absolute atomic E-state index is 0.259. The number of likely N-dealkylation sites (N-methyl/N-ethyl adjacent to an activating group) is 1. The van der Waals surface area contributed by atoms with Crippen molar-refractivity contribution in [1.82, 2.24) is 10.2 Å². The van der Waals surface area contributed by atoms with E-state index < -0.39 is 5.54 Å². The van der Waals surface area contributed by atoms with Crippen molar-refractivity contribution in [2.75, 3.05) is 26.7 Å². The van der Waals surface area contributed by atoms with E-state index in [0.717, 1.165) is 31.2 Å². The Morgan fingerprint density at radius 3 is 2.39 bits per heavy atom. The molecule has 1 aliphatic heterocycles. The van der Waals surface area contributed by atoms with Gasteiger partial charge in [0.25, 0.3) is 0 Å². The van der Waals surface area contributed by atoms with Crippen LogP contribution >= 0.6 is 0 Å². The molecule has 0 radical (unpaired) electrons. The van der Waals surface area contributed by atoms with Crippen molar-refractivity contribution >= 4 is 5.91 Å². The van der Waals surface area contributed by atoms with Gasteiger partial charge in [-0.05, 0) is 51.6 Å². The van der Waals surface area contributed by atoms with E-state index >= 15 is 0 Å². The van der Waals surface area contributed by atoms with Gasteiger partial charge in [-0.1, -0.05) is 13.8 Å². The van der Waals surface area contributed by atoms with Gasteiger partial charge in [0.05, 0.1) is 5.54 Å². The molecule has 0 spiro atoms. The standard InChI is InChI=1S/C14H29N3O/c1-11-8-12(2)10-17(9-11)7-5-6-14(3,16-4)13(15)18/h11-12,16H,5-10H2,1-4H3,(H2,15,18). The molecule has 0 aliphatic carbocycles. The highest BCUT2D eigenvalue weighted by Gasteiger charge is 2.29. The molecule has 0 aromatic heterocycles. The molecule has 1 aliphatic rings. The Balaban J connectivity index is 2.35. The van der Waals surface area contributed by atoms with E-state index in [2.05, 4.69) is 24.1 Å². The second kappa shape index (κ2) is 6.53. The van der Waals surface area contributed by atoms with Crippen molar-refractivity contribution in [2.45, 2.75) is 45.6 Å². The zero-order valence-corrected chi connectivity index (χ0v) is 12.3. The van der Waals surface area contributed by atoms with E-state index in [1.807, 2.05) is 6.92 Å². The number of nitrogens with one attached hydrogen (secondary N) is 1. The number of carbonyl (C=O) groups is 1. The summed E-state index contributed by atoms with van der Waals surface area (Å²) in [6.07, 6.45) is 3.16. The third-order valence-electron chi connectivity index (χ3n) is 4.19. The molecule has 1 heterocycles. The van der Waals surface area contributed by atoms with Gasteiger partial charge in [0, 0.05) is 13.1 Å². The Hall–Kier alpha value is -0.610. The summed E-state index contributed by atoms with van der Waals surface area (Å²) in [5, 5.41) is 3.04. The fraction of sp³-hybridized carbons (Fsp3) is 0.929. The lowest BCUT2D eigenvalue weighted by atomic mass is 9.91. The SMILES string of the molecule is CNC(C)(CCCN1CC(C)CC(C)C1)C(N)=O. The van der Waals surface area contributed by atoms with Crippen LogP contribution in [0.2, 0.25) is 0 Å². The number of nitrogens with zero attached hydrogens (tertiary/aromatic N) is 1. The van der Waals surface area contributed by atoms with Crippen molar-refractivity contribution in [2.24, 2.45) is 17.6 Å². The van der Waals surface area contributed by atoms with E-state index in [0.29, 0.717) is 0 Å². The number of likely N-dealkylation sites (tertiary alicyclic amines) is 1. The van der Waals surface area contributed by atoms with E-state index in [1.54, 1.807) is 7.05 Å². The number of rotatable bonds is 6. The summed E-state index contributed by atoms with van der Waals surface area (Å²) in [5.41, 5.74) is 4.87. The summed E-state index contributed by atoms with van der Waals surface area (Å²) in [6, 6.07) is 0. The van der Waals surface area contributed by atoms with Crippen LogP contribution in [-0.2, 0) is 4.79 Å². The summed E-state index contributed by atoms with van der Waals surface area (Å²) in [5.74, 6) is 1.33. The Morgan fingerprint density at radius 2 is 1.94 bits per heavy atom. The summed E-state index contributed by atoms with van der Waals surface area (Å²) in [6.45, 7) is 9.98. The minimum atomic E-state index is -0.562. The van der Waals surface area contributed by atoms with Gasteiger partial charge < -0.3 is 16.0 Å². The molecule has 3 N–H and O–H groups in total. The van der Waals surface area contributed by atoms with E-state index in [1.165, 1.54) is 19.5 Å². The maximum atomic E-state index is 11.4. The molecule has 3 unspecified atom stereocenters. The number of primary amides is 1. The van der Waals surface area contributed by atoms with Crippen LogP contribution in [-0.4, -0.2) is 43.0 Å². The van der Waals surface area contributed by atoms with E-state index in [4.69, 9.17) is 5.73 Å². The Kier molecular flexibility index (Phi) is 5.60. The normalized spacial score (nSPS) is 28.9. The molecular formula is C14H29N3O. The van der Waals surface area contributed by atoms with Crippen molar-refractivity contribution in [3.8, 4) is 0 Å². The van der Waals surface area contributed by atoms with Gasteiger partial charge in [0.2, 0.25) is 5.91 Å². The number of carbonyl (C=O) groups excluding carboxylic acids is 1. The monoisotopic (exact) mass is 255 g/mol. The fourth-order valence-corrected chi connectivity index (χ4v) is 3.00. The van der Waals surface area contributed by atoms with Gasteiger partial charge in [-0.3, -0.25) is 4.79 Å². The third-order valence-corrected chi connectivity index (χ3v) is 4.19. The molecule has 1 rings (SSSR count). The van der Waals surface area contributed by atoms with Crippen molar-refractivity contribution in [1.29, 1.82) is 0 Å². The van der Waals surface area contributed by atoms with Gasteiger partial charge in [-0.25, -0.2) is 0 Å². The first kappa shape index (κ1) is 15.4. The number of hydrogen-bond acceptors (Lipinski definition) is 3. The first-order valence-corrected chi connectivity index (χ1v) is 7.08. The van der Waals surface area contributed by atoms with Crippen LogP contribution in [0.4, 0.5) is 0 Å². The molecule has 1 fully saturated rings. The highest BCUT2D eigenvalue weighted by Crippen LogP contribution is 2.21. The average molecular weight is 255 g/mol. The van der Waals surface area contributed by atoms with Gasteiger partial charge in [-0.15, -0.1) is 0 Å². The molecule has 3 atom stereocenters. The maximum Gasteiger partial charge on any atom is 0.237 e. The topological polar surface area (TPSA) is 58.4 Å². The smallest absolute Gasteiger partial charge is 0.237 e. The Morgan fingerprint density at radius 1 is 1.39 bits per heavy atom. The lowest BCUT2D eigenvalue weighted by molar-refractivity contribution is -0.123. The predicted octanol–water partition coefficient (Wildman–Crippen LogP) is 1.21. The van der Waals surface area contributed by atoms with Gasteiger partial charge in [0.15, 0.2) is 0 Å². The Bertz CT molecular complexity index is 272. The highest BCUT2D eigenvalue weighted by atomic mass is 16.1. The van der Waals surface area contributed by atoms with Crippen molar-refractivity contribution in [3.63, 3.8) is 0 Å². The number of piperidine rings is 1. The fourth-order valence-electron chi connectivity index (χ4n) is 3.00. The highest BCUT2D eigenvalue weighted by molar-refractivity contribution is 5.84. The molecule has 1 saturated heterocycles. The predicted molar refractivity (Wildman–Crippen MR) is 75.3 cm³/mol. The molecular weight excluding hydrogens is 226 g/mol. The zero-order chi connectivity index (χ0) is 13.8. The second-order valence-corrected chi connectivity index (χ2v) is 6.26. The summed E-state index contributed by atoms with van der Waals surface area (Å²) < 4.78 is 0. The molecule has 106 valence electrons. The second-order valence-electron chi connectivity index (χ2n) is 6.26. The van der Waals surface area contributed by atoms with Crippen LogP contribution in [0.5, 0.6) is 0 Å². The first-order valence-electron chi connectivity index (χ1n) is 7.08. The van der Waals surface area contributed by atoms with E-state index in [-0.39, 0.29) is 5.91 Å². The van der Waals surface area contributed by atoms with E-state index in [9.17, 15) is 4.79 Å². The zero-order valence-electron chi connectivity index (χ0n) is 12.3. The molecule has 0 aromatic carbocycles. The number of hydrogen-bond donors (Lipinski definition) is 2. The van der Waals surface area contributed by atoms with Crippen molar-refractivity contribution < 1.29 is 4.79 Å². The summed E-state index contributed by atoms with van der Waals surface area (Å²) in [4.78, 5) is 13.9. The van der Waals surface area contributed by atoms with Crippen LogP contribution in [0.25, 0.3) is 0 Å². The summed E-state index contributed by atoms with van der Waals surface area (Å²) in [7, 11) is 1.80. The lowest BCUT2D eigenvalue weighted by Gasteiger charge is -2.35. The van der Waals surface area contributed by atoms with Gasteiger partial charge in [0.1, 0.15) is 0 Å². The summed E-state index contributed by atoms with van der Waals surface area (Å²) >= 11 is 0. The van der Waals surface area contributed by atoms with Crippen LogP contribution in [0.15, 0.2) is 0 Å². The Labute approximate surface area is 111 Å². The van der Waals surface area contributed by atoms with Crippen LogP contribution in [0.1, 0.15) is 40.0 Å². The molecule has 1 amide bonds. The van der Waals surface area contributed by atoms with Crippen LogP contribution < -0.4 is 11.1 Å². The number of nitrogens with two attached hydrogens (primary N) is 1. The van der Waals surface area contributed by atoms with Crippen LogP contribution in [0, 0.1) is 11.8 Å². The number of amides is 1. The molecule has 0 saturated carbocycles. The van der Waals surface area contributed by atoms with Crippen molar-refractivity contribution in [3.05, 3.63) is 0 Å². The quantitative estimate of drug-likeness (QED) is 0.750. The van der Waals surface area contributed by atoms with Crippen LogP contribution in [0.3, 0.4) is 0 Å². The largest absolute Gasteiger partial charge is 0.368 e. The molecule has 0 aromatic rings. The lowest BCUT2D eigenvalue weighted by Crippen LogP contribution is -2.51. The average Bonchev–Trinajstić information content (AvgIpc) is 2.27. The molecule has 18 heavy (non-hydrogen) atoms. The third kappa shape index (κ3) is 4.25. The first-order chi connectivity index (χ1) is 8.37. The molecule has 4 heteroatoms. The maximum absolute atomic E-state index is 11.4. The minimum Gasteiger partial charge on any atom is -0.368 e. The van der Waals surface area contributed by atoms with Gasteiger partial charge >= 0.3 is 0 Å². The van der Waals surface area contributed by atoms with Gasteiger partial charge in [-0.2, -0.15) is 0 Å². The molecule has 0 bridgehead atoms.